The van der Waals surface area contributed by atoms with E-state index in [1.165, 1.54) is 4.90 Å². The molecule has 0 spiro atoms. The van der Waals surface area contributed by atoms with Crippen molar-refractivity contribution in [1.29, 1.82) is 0 Å². The minimum Gasteiger partial charge on any atom is -0.480 e. The molecule has 1 aromatic rings. The van der Waals surface area contributed by atoms with Gasteiger partial charge in [-0.25, -0.2) is 0 Å². The molecule has 0 bridgehead atoms. The Morgan fingerprint density at radius 1 is 1.25 bits per heavy atom. The van der Waals surface area contributed by atoms with E-state index in [1.807, 2.05) is 13.0 Å². The number of hydrogen-bond donors (Lipinski definition) is 1. The number of benzene rings is 1. The summed E-state index contributed by atoms with van der Waals surface area (Å²) >= 11 is 0. The van der Waals surface area contributed by atoms with Crippen molar-refractivity contribution >= 4 is 17.8 Å². The molecular weight excluding hydrogens is 308 g/mol. The predicted octanol–water partition coefficient (Wildman–Crippen LogP) is 2.00. The van der Waals surface area contributed by atoms with Gasteiger partial charge in [0, 0.05) is 18.7 Å². The molecule has 0 saturated carbocycles. The van der Waals surface area contributed by atoms with Crippen molar-refractivity contribution in [1.82, 2.24) is 9.80 Å². The van der Waals surface area contributed by atoms with Gasteiger partial charge in [-0.15, -0.1) is 0 Å². The second-order valence-electron chi connectivity index (χ2n) is 6.32. The zero-order chi connectivity index (χ0) is 17.7. The van der Waals surface area contributed by atoms with Crippen molar-refractivity contribution in [3.63, 3.8) is 0 Å². The number of aliphatic carboxylic acids is 1. The zero-order valence-electron chi connectivity index (χ0n) is 14.2. The average Bonchev–Trinajstić information content (AvgIpc) is 2.96. The van der Waals surface area contributed by atoms with Crippen LogP contribution in [0.5, 0.6) is 0 Å². The van der Waals surface area contributed by atoms with Crippen LogP contribution in [0, 0.1) is 0 Å². The van der Waals surface area contributed by atoms with Crippen molar-refractivity contribution in [3.8, 4) is 0 Å². The van der Waals surface area contributed by atoms with Crippen LogP contribution in [0.2, 0.25) is 0 Å². The lowest BCUT2D eigenvalue weighted by atomic mass is 9.95. The predicted molar refractivity (Wildman–Crippen MR) is 89.6 cm³/mol. The Balaban J connectivity index is 2.26. The molecule has 0 aliphatic carbocycles. The summed E-state index contributed by atoms with van der Waals surface area (Å²) in [6, 6.07) is 8.87. The van der Waals surface area contributed by atoms with E-state index in [0.717, 1.165) is 6.42 Å². The van der Waals surface area contributed by atoms with Gasteiger partial charge in [0.1, 0.15) is 12.1 Å². The molecule has 2 rings (SSSR count). The highest BCUT2D eigenvalue weighted by atomic mass is 16.4. The fraction of sp³-hybridized carbons (Fsp3) is 0.500. The Hall–Kier alpha value is -2.37. The molecule has 1 saturated heterocycles. The molecular formula is C18H24N2O4. The maximum Gasteiger partial charge on any atom is 0.323 e. The molecule has 2 amide bonds. The fourth-order valence-corrected chi connectivity index (χ4v) is 3.27. The number of carboxylic acids is 1. The molecule has 1 atom stereocenters. The van der Waals surface area contributed by atoms with E-state index in [1.54, 1.807) is 36.1 Å². The lowest BCUT2D eigenvalue weighted by Gasteiger charge is -2.37. The average molecular weight is 332 g/mol. The molecule has 0 radical (unpaired) electrons. The maximum absolute atomic E-state index is 13.0. The number of hydrogen-bond acceptors (Lipinski definition) is 3. The van der Waals surface area contributed by atoms with Gasteiger partial charge in [0.25, 0.3) is 5.91 Å². The lowest BCUT2D eigenvalue weighted by molar-refractivity contribution is -0.149. The third-order valence-corrected chi connectivity index (χ3v) is 4.47. The number of carbonyl (C=O) groups excluding carboxylic acids is 2. The summed E-state index contributed by atoms with van der Waals surface area (Å²) in [5.41, 5.74) is -0.448. The van der Waals surface area contributed by atoms with Crippen molar-refractivity contribution < 1.29 is 19.5 Å². The summed E-state index contributed by atoms with van der Waals surface area (Å²) in [7, 11) is 0. The molecule has 6 nitrogen and oxygen atoms in total. The van der Waals surface area contributed by atoms with E-state index < -0.39 is 11.5 Å². The topological polar surface area (TPSA) is 77.9 Å². The highest BCUT2D eigenvalue weighted by Crippen LogP contribution is 2.32. The molecule has 1 unspecified atom stereocenters. The first-order valence-corrected chi connectivity index (χ1v) is 8.28. The van der Waals surface area contributed by atoms with E-state index in [4.69, 9.17) is 5.11 Å². The first kappa shape index (κ1) is 18.0. The van der Waals surface area contributed by atoms with Gasteiger partial charge >= 0.3 is 5.97 Å². The largest absolute Gasteiger partial charge is 0.480 e. The third kappa shape index (κ3) is 3.58. The van der Waals surface area contributed by atoms with Gasteiger partial charge in [-0.1, -0.05) is 25.1 Å². The fourth-order valence-electron chi connectivity index (χ4n) is 3.27. The molecule has 1 aliphatic rings. The van der Waals surface area contributed by atoms with Crippen LogP contribution in [0.3, 0.4) is 0 Å². The summed E-state index contributed by atoms with van der Waals surface area (Å²) < 4.78 is 0. The summed E-state index contributed by atoms with van der Waals surface area (Å²) in [4.78, 5) is 39.8. The van der Waals surface area contributed by atoms with Crippen molar-refractivity contribution in [2.24, 2.45) is 0 Å². The number of likely N-dealkylation sites (tertiary alicyclic amines) is 1. The molecule has 24 heavy (non-hydrogen) atoms. The highest BCUT2D eigenvalue weighted by Gasteiger charge is 2.47. The van der Waals surface area contributed by atoms with Crippen LogP contribution in [0.15, 0.2) is 30.3 Å². The van der Waals surface area contributed by atoms with E-state index >= 15 is 0 Å². The van der Waals surface area contributed by atoms with E-state index in [-0.39, 0.29) is 18.4 Å². The van der Waals surface area contributed by atoms with Gasteiger partial charge in [-0.3, -0.25) is 14.4 Å². The van der Waals surface area contributed by atoms with Crippen LogP contribution >= 0.6 is 0 Å². The summed E-state index contributed by atoms with van der Waals surface area (Å²) in [5, 5.41) is 9.06. The minimum absolute atomic E-state index is 0.185. The van der Waals surface area contributed by atoms with E-state index in [2.05, 4.69) is 0 Å². The summed E-state index contributed by atoms with van der Waals surface area (Å²) in [6.45, 7) is 4.17. The smallest absolute Gasteiger partial charge is 0.323 e. The second-order valence-corrected chi connectivity index (χ2v) is 6.32. The Bertz CT molecular complexity index is 617. The quantitative estimate of drug-likeness (QED) is 0.864. The number of amides is 2. The summed E-state index contributed by atoms with van der Waals surface area (Å²) in [5.74, 6) is -1.51. The van der Waals surface area contributed by atoms with Crippen molar-refractivity contribution in [3.05, 3.63) is 35.9 Å². The van der Waals surface area contributed by atoms with Crippen molar-refractivity contribution in [2.75, 3.05) is 19.6 Å². The lowest BCUT2D eigenvalue weighted by Crippen LogP contribution is -2.57. The Kier molecular flexibility index (Phi) is 5.59. The zero-order valence-corrected chi connectivity index (χ0v) is 14.2. The molecule has 1 N–H and O–H groups in total. The molecule has 1 aliphatic heterocycles. The Labute approximate surface area is 142 Å². The molecule has 1 aromatic carbocycles. The Morgan fingerprint density at radius 2 is 1.92 bits per heavy atom. The number of rotatable bonds is 6. The monoisotopic (exact) mass is 332 g/mol. The Morgan fingerprint density at radius 3 is 2.50 bits per heavy atom. The van der Waals surface area contributed by atoms with Crippen LogP contribution in [-0.4, -0.2) is 57.9 Å². The van der Waals surface area contributed by atoms with Gasteiger partial charge in [-0.2, -0.15) is 0 Å². The van der Waals surface area contributed by atoms with Gasteiger partial charge in [0.2, 0.25) is 5.91 Å². The SMILES string of the molecule is CCCN(CC(=O)O)C(=O)C1(C)CCCN1C(=O)c1ccccc1. The normalized spacial score (nSPS) is 20.0. The number of carbonyl (C=O) groups is 3. The number of nitrogens with zero attached hydrogens (tertiary/aromatic N) is 2. The molecule has 0 aromatic heterocycles. The molecule has 1 heterocycles. The summed E-state index contributed by atoms with van der Waals surface area (Å²) in [6.07, 6.45) is 1.94. The third-order valence-electron chi connectivity index (χ3n) is 4.47. The van der Waals surface area contributed by atoms with Gasteiger partial charge in [0.15, 0.2) is 0 Å². The van der Waals surface area contributed by atoms with Crippen LogP contribution in [0.4, 0.5) is 0 Å². The minimum atomic E-state index is -1.04. The second kappa shape index (κ2) is 7.47. The number of carboxylic acid groups (broad SMARTS) is 1. The standard InChI is InChI=1S/C18H24N2O4/c1-3-11-19(13-15(21)22)17(24)18(2)10-7-12-20(18)16(23)14-8-5-4-6-9-14/h4-6,8-9H,3,7,10-13H2,1-2H3,(H,21,22). The highest BCUT2D eigenvalue weighted by molar-refractivity contribution is 6.00. The first-order valence-electron chi connectivity index (χ1n) is 8.28. The first-order chi connectivity index (χ1) is 11.4. The van der Waals surface area contributed by atoms with Crippen LogP contribution < -0.4 is 0 Å². The van der Waals surface area contributed by atoms with Crippen molar-refractivity contribution in [2.45, 2.75) is 38.6 Å². The van der Waals surface area contributed by atoms with Gasteiger partial charge < -0.3 is 14.9 Å². The molecule has 130 valence electrons. The van der Waals surface area contributed by atoms with E-state index in [9.17, 15) is 14.4 Å². The molecule has 1 fully saturated rings. The van der Waals surface area contributed by atoms with Gasteiger partial charge in [-0.05, 0) is 38.3 Å². The van der Waals surface area contributed by atoms with E-state index in [0.29, 0.717) is 31.5 Å². The van der Waals surface area contributed by atoms with Crippen LogP contribution in [0.25, 0.3) is 0 Å². The van der Waals surface area contributed by atoms with Gasteiger partial charge in [0.05, 0.1) is 0 Å². The maximum atomic E-state index is 13.0. The van der Waals surface area contributed by atoms with Crippen LogP contribution in [-0.2, 0) is 9.59 Å². The van der Waals surface area contributed by atoms with Crippen LogP contribution in [0.1, 0.15) is 43.5 Å². The molecule has 6 heteroatoms.